The number of rotatable bonds is 7. The van der Waals surface area contributed by atoms with Crippen LogP contribution in [-0.2, 0) is 11.2 Å². The minimum atomic E-state index is -0.965. The molecule has 0 spiro atoms. The van der Waals surface area contributed by atoms with Crippen molar-refractivity contribution < 1.29 is 14.6 Å². The molecule has 4 heteroatoms. The number of carboxylic acids is 1. The number of hydrogen-bond donors (Lipinski definition) is 1. The molecule has 0 fully saturated rings. The van der Waals surface area contributed by atoms with E-state index in [9.17, 15) is 9.90 Å². The van der Waals surface area contributed by atoms with Crippen molar-refractivity contribution in [2.45, 2.75) is 36.2 Å². The van der Waals surface area contributed by atoms with Gasteiger partial charge in [0.15, 0.2) is 6.10 Å². The SMILES string of the molecule is Cc1ccc(O[C@@H](Cc2ccccc2Sc2ccccc2)C(=O)O)cc1C. The molecule has 0 radical (unpaired) electrons. The molecule has 0 saturated carbocycles. The number of aryl methyl sites for hydroxylation is 2. The van der Waals surface area contributed by atoms with Gasteiger partial charge >= 0.3 is 5.97 Å². The zero-order chi connectivity index (χ0) is 19.2. The molecule has 0 unspecified atom stereocenters. The molecule has 0 heterocycles. The highest BCUT2D eigenvalue weighted by Crippen LogP contribution is 2.31. The van der Waals surface area contributed by atoms with Crippen molar-refractivity contribution in [3.63, 3.8) is 0 Å². The molecule has 0 aliphatic carbocycles. The molecule has 3 aromatic carbocycles. The van der Waals surface area contributed by atoms with Gasteiger partial charge in [-0.2, -0.15) is 0 Å². The first-order valence-corrected chi connectivity index (χ1v) is 9.62. The Kier molecular flexibility index (Phi) is 6.20. The van der Waals surface area contributed by atoms with Crippen LogP contribution in [-0.4, -0.2) is 17.2 Å². The van der Waals surface area contributed by atoms with Gasteiger partial charge in [0.05, 0.1) is 0 Å². The van der Waals surface area contributed by atoms with Crippen LogP contribution in [0.15, 0.2) is 82.6 Å². The molecule has 0 bridgehead atoms. The Morgan fingerprint density at radius 1 is 0.963 bits per heavy atom. The number of aliphatic carboxylic acids is 1. The molecular weight excluding hydrogens is 356 g/mol. The predicted octanol–water partition coefficient (Wildman–Crippen LogP) is 5.53. The Morgan fingerprint density at radius 2 is 1.67 bits per heavy atom. The third-order valence-electron chi connectivity index (χ3n) is 4.38. The fraction of sp³-hybridized carbons (Fsp3) is 0.174. The van der Waals surface area contributed by atoms with Crippen LogP contribution in [0, 0.1) is 13.8 Å². The quantitative estimate of drug-likeness (QED) is 0.587. The van der Waals surface area contributed by atoms with E-state index in [0.717, 1.165) is 26.5 Å². The summed E-state index contributed by atoms with van der Waals surface area (Å²) in [5.74, 6) is -0.383. The van der Waals surface area contributed by atoms with Crippen LogP contribution in [0.25, 0.3) is 0 Å². The highest BCUT2D eigenvalue weighted by Gasteiger charge is 2.22. The summed E-state index contributed by atoms with van der Waals surface area (Å²) in [6.45, 7) is 4.01. The van der Waals surface area contributed by atoms with Gasteiger partial charge in [-0.1, -0.05) is 54.2 Å². The van der Waals surface area contributed by atoms with E-state index < -0.39 is 12.1 Å². The van der Waals surface area contributed by atoms with E-state index in [-0.39, 0.29) is 0 Å². The van der Waals surface area contributed by atoms with Crippen molar-refractivity contribution >= 4 is 17.7 Å². The normalized spacial score (nSPS) is 11.8. The largest absolute Gasteiger partial charge is 0.478 e. The summed E-state index contributed by atoms with van der Waals surface area (Å²) in [5.41, 5.74) is 3.19. The maximum Gasteiger partial charge on any atom is 0.345 e. The number of carbonyl (C=O) groups is 1. The zero-order valence-electron chi connectivity index (χ0n) is 15.4. The van der Waals surface area contributed by atoms with E-state index >= 15 is 0 Å². The van der Waals surface area contributed by atoms with Gasteiger partial charge in [-0.25, -0.2) is 4.79 Å². The lowest BCUT2D eigenvalue weighted by Crippen LogP contribution is -2.29. The van der Waals surface area contributed by atoms with Gasteiger partial charge in [0.25, 0.3) is 0 Å². The Bertz CT molecular complexity index is 922. The van der Waals surface area contributed by atoms with Crippen LogP contribution in [0.2, 0.25) is 0 Å². The lowest BCUT2D eigenvalue weighted by atomic mass is 10.1. The van der Waals surface area contributed by atoms with Crippen LogP contribution in [0.3, 0.4) is 0 Å². The number of hydrogen-bond acceptors (Lipinski definition) is 3. The third-order valence-corrected chi connectivity index (χ3v) is 5.51. The minimum Gasteiger partial charge on any atom is -0.478 e. The van der Waals surface area contributed by atoms with Crippen LogP contribution in [0.4, 0.5) is 0 Å². The van der Waals surface area contributed by atoms with Crippen LogP contribution < -0.4 is 4.74 Å². The Balaban J connectivity index is 1.80. The van der Waals surface area contributed by atoms with E-state index in [1.54, 1.807) is 11.8 Å². The second-order valence-electron chi connectivity index (χ2n) is 6.42. The molecule has 1 atom stereocenters. The summed E-state index contributed by atoms with van der Waals surface area (Å²) in [5, 5.41) is 9.67. The maximum atomic E-state index is 11.8. The Morgan fingerprint density at radius 3 is 2.37 bits per heavy atom. The Hall–Kier alpha value is -2.72. The second-order valence-corrected chi connectivity index (χ2v) is 7.53. The highest BCUT2D eigenvalue weighted by atomic mass is 32.2. The molecule has 0 aromatic heterocycles. The summed E-state index contributed by atoms with van der Waals surface area (Å²) in [7, 11) is 0. The van der Waals surface area contributed by atoms with Gasteiger partial charge in [0.2, 0.25) is 0 Å². The molecule has 0 saturated heterocycles. The highest BCUT2D eigenvalue weighted by molar-refractivity contribution is 7.99. The van der Waals surface area contributed by atoms with E-state index in [1.165, 1.54) is 0 Å². The fourth-order valence-corrected chi connectivity index (χ4v) is 3.69. The lowest BCUT2D eigenvalue weighted by molar-refractivity contribution is -0.145. The van der Waals surface area contributed by atoms with E-state index in [2.05, 4.69) is 0 Å². The molecule has 27 heavy (non-hydrogen) atoms. The average molecular weight is 378 g/mol. The van der Waals surface area contributed by atoms with Gasteiger partial charge in [-0.3, -0.25) is 0 Å². The van der Waals surface area contributed by atoms with E-state index in [4.69, 9.17) is 4.74 Å². The molecule has 0 aliphatic rings. The molecule has 3 rings (SSSR count). The van der Waals surface area contributed by atoms with Crippen molar-refractivity contribution in [3.05, 3.63) is 89.5 Å². The lowest BCUT2D eigenvalue weighted by Gasteiger charge is -2.18. The van der Waals surface area contributed by atoms with Crippen molar-refractivity contribution in [2.24, 2.45) is 0 Å². The third kappa shape index (κ3) is 5.14. The minimum absolute atomic E-state index is 0.304. The van der Waals surface area contributed by atoms with Gasteiger partial charge in [-0.15, -0.1) is 0 Å². The molecule has 1 N–H and O–H groups in total. The van der Waals surface area contributed by atoms with Crippen molar-refractivity contribution in [3.8, 4) is 5.75 Å². The maximum absolute atomic E-state index is 11.8. The van der Waals surface area contributed by atoms with Crippen LogP contribution >= 0.6 is 11.8 Å². The molecule has 3 aromatic rings. The van der Waals surface area contributed by atoms with Crippen LogP contribution in [0.5, 0.6) is 5.75 Å². The number of benzene rings is 3. The van der Waals surface area contributed by atoms with E-state index in [1.807, 2.05) is 86.6 Å². The fourth-order valence-electron chi connectivity index (χ4n) is 2.72. The van der Waals surface area contributed by atoms with Crippen molar-refractivity contribution in [1.29, 1.82) is 0 Å². The first-order chi connectivity index (χ1) is 13.0. The summed E-state index contributed by atoms with van der Waals surface area (Å²) < 4.78 is 5.81. The molecule has 3 nitrogen and oxygen atoms in total. The standard InChI is InChI=1S/C23H22O3S/c1-16-12-13-19(14-17(16)2)26-21(23(24)25)15-18-8-6-7-11-22(18)27-20-9-4-3-5-10-20/h3-14,21H,15H2,1-2H3,(H,24,25)/t21-/m0/s1. The number of ether oxygens (including phenoxy) is 1. The van der Waals surface area contributed by atoms with Crippen molar-refractivity contribution in [1.82, 2.24) is 0 Å². The zero-order valence-corrected chi connectivity index (χ0v) is 16.2. The molecule has 0 amide bonds. The Labute approximate surface area is 164 Å². The first-order valence-electron chi connectivity index (χ1n) is 8.80. The predicted molar refractivity (Wildman–Crippen MR) is 109 cm³/mol. The van der Waals surface area contributed by atoms with Crippen molar-refractivity contribution in [2.75, 3.05) is 0 Å². The smallest absolute Gasteiger partial charge is 0.345 e. The summed E-state index contributed by atoms with van der Waals surface area (Å²) in [6, 6.07) is 23.6. The molecule has 0 aliphatic heterocycles. The van der Waals surface area contributed by atoms with E-state index in [0.29, 0.717) is 12.2 Å². The van der Waals surface area contributed by atoms with Gasteiger partial charge in [0.1, 0.15) is 5.75 Å². The van der Waals surface area contributed by atoms with Gasteiger partial charge in [-0.05, 0) is 60.9 Å². The first kappa shape index (κ1) is 19.1. The second kappa shape index (κ2) is 8.78. The van der Waals surface area contributed by atoms with Gasteiger partial charge < -0.3 is 9.84 Å². The topological polar surface area (TPSA) is 46.5 Å². The molecule has 138 valence electrons. The summed E-state index contributed by atoms with van der Waals surface area (Å²) in [4.78, 5) is 14.0. The van der Waals surface area contributed by atoms with Gasteiger partial charge in [0, 0.05) is 16.2 Å². The number of carboxylic acid groups (broad SMARTS) is 1. The average Bonchev–Trinajstić information content (AvgIpc) is 2.66. The molecular formula is C23H22O3S. The van der Waals surface area contributed by atoms with Crippen LogP contribution in [0.1, 0.15) is 16.7 Å². The summed E-state index contributed by atoms with van der Waals surface area (Å²) in [6.07, 6.45) is -0.636. The monoisotopic (exact) mass is 378 g/mol. The summed E-state index contributed by atoms with van der Waals surface area (Å²) >= 11 is 1.63.